The SMILES string of the molecule is Nc1ccnc(-c2ccccc2Cl)c1. The summed E-state index contributed by atoms with van der Waals surface area (Å²) >= 11 is 6.03. The highest BCUT2D eigenvalue weighted by atomic mass is 35.5. The summed E-state index contributed by atoms with van der Waals surface area (Å²) in [5.74, 6) is 0. The molecule has 1 aromatic carbocycles. The molecule has 0 aliphatic heterocycles. The van der Waals surface area contributed by atoms with Gasteiger partial charge in [0.15, 0.2) is 0 Å². The van der Waals surface area contributed by atoms with Crippen molar-refractivity contribution in [1.82, 2.24) is 4.98 Å². The third-order valence-electron chi connectivity index (χ3n) is 1.93. The second kappa shape index (κ2) is 3.68. The van der Waals surface area contributed by atoms with Crippen molar-refractivity contribution in [3.63, 3.8) is 0 Å². The topological polar surface area (TPSA) is 38.9 Å². The van der Waals surface area contributed by atoms with Crippen molar-refractivity contribution >= 4 is 17.3 Å². The highest BCUT2D eigenvalue weighted by Gasteiger charge is 2.03. The number of nitrogens with zero attached hydrogens (tertiary/aromatic N) is 1. The van der Waals surface area contributed by atoms with Crippen molar-refractivity contribution in [2.24, 2.45) is 0 Å². The van der Waals surface area contributed by atoms with E-state index in [0.29, 0.717) is 10.7 Å². The smallest absolute Gasteiger partial charge is 0.0737 e. The maximum Gasteiger partial charge on any atom is 0.0737 e. The van der Waals surface area contributed by atoms with Crippen LogP contribution in [0.4, 0.5) is 5.69 Å². The molecule has 0 aliphatic carbocycles. The van der Waals surface area contributed by atoms with Gasteiger partial charge in [-0.1, -0.05) is 29.8 Å². The lowest BCUT2D eigenvalue weighted by molar-refractivity contribution is 1.33. The van der Waals surface area contributed by atoms with Gasteiger partial charge >= 0.3 is 0 Å². The average Bonchev–Trinajstić information content (AvgIpc) is 2.18. The Kier molecular flexibility index (Phi) is 2.37. The van der Waals surface area contributed by atoms with E-state index < -0.39 is 0 Å². The Labute approximate surface area is 87.4 Å². The molecule has 2 aromatic rings. The number of hydrogen-bond donors (Lipinski definition) is 1. The molecule has 0 saturated carbocycles. The van der Waals surface area contributed by atoms with Crippen LogP contribution in [-0.4, -0.2) is 4.98 Å². The minimum Gasteiger partial charge on any atom is -0.399 e. The Morgan fingerprint density at radius 1 is 1.14 bits per heavy atom. The summed E-state index contributed by atoms with van der Waals surface area (Å²) in [5, 5.41) is 0.686. The fraction of sp³-hybridized carbons (Fsp3) is 0. The zero-order valence-electron chi connectivity index (χ0n) is 7.44. The minimum atomic E-state index is 0.686. The molecular formula is C11H9ClN2. The monoisotopic (exact) mass is 204 g/mol. The quantitative estimate of drug-likeness (QED) is 0.776. The van der Waals surface area contributed by atoms with E-state index in [9.17, 15) is 0 Å². The number of nitrogen functional groups attached to an aromatic ring is 1. The van der Waals surface area contributed by atoms with Gasteiger partial charge in [-0.25, -0.2) is 0 Å². The summed E-state index contributed by atoms with van der Waals surface area (Å²) in [4.78, 5) is 4.21. The molecule has 0 amide bonds. The van der Waals surface area contributed by atoms with Gasteiger partial charge in [-0.3, -0.25) is 4.98 Å². The fourth-order valence-electron chi connectivity index (χ4n) is 1.26. The number of nitrogens with two attached hydrogens (primary N) is 1. The Morgan fingerprint density at radius 3 is 2.64 bits per heavy atom. The molecule has 14 heavy (non-hydrogen) atoms. The van der Waals surface area contributed by atoms with Crippen LogP contribution in [0.3, 0.4) is 0 Å². The van der Waals surface area contributed by atoms with E-state index in [1.54, 1.807) is 18.3 Å². The van der Waals surface area contributed by atoms with Gasteiger partial charge in [-0.05, 0) is 18.2 Å². The third-order valence-corrected chi connectivity index (χ3v) is 2.26. The van der Waals surface area contributed by atoms with Gasteiger partial charge in [-0.15, -0.1) is 0 Å². The van der Waals surface area contributed by atoms with Gasteiger partial charge < -0.3 is 5.73 Å². The Balaban J connectivity index is 2.55. The molecule has 70 valence electrons. The Morgan fingerprint density at radius 2 is 1.93 bits per heavy atom. The van der Waals surface area contributed by atoms with Crippen molar-refractivity contribution in [3.8, 4) is 11.3 Å². The highest BCUT2D eigenvalue weighted by Crippen LogP contribution is 2.26. The summed E-state index contributed by atoms with van der Waals surface area (Å²) in [6.45, 7) is 0. The molecule has 0 unspecified atom stereocenters. The van der Waals surface area contributed by atoms with Crippen LogP contribution in [0.1, 0.15) is 0 Å². The second-order valence-corrected chi connectivity index (χ2v) is 3.36. The molecule has 0 atom stereocenters. The van der Waals surface area contributed by atoms with Crippen LogP contribution in [0.2, 0.25) is 5.02 Å². The van der Waals surface area contributed by atoms with Crippen LogP contribution >= 0.6 is 11.6 Å². The van der Waals surface area contributed by atoms with Gasteiger partial charge in [0.05, 0.1) is 5.69 Å². The molecule has 1 heterocycles. The number of halogens is 1. The summed E-state index contributed by atoms with van der Waals surface area (Å²) in [7, 11) is 0. The summed E-state index contributed by atoms with van der Waals surface area (Å²) in [6.07, 6.45) is 1.67. The molecule has 0 aliphatic rings. The number of aromatic nitrogens is 1. The van der Waals surface area contributed by atoms with Crippen LogP contribution in [0.5, 0.6) is 0 Å². The summed E-state index contributed by atoms with van der Waals surface area (Å²) < 4.78 is 0. The molecule has 0 bridgehead atoms. The zero-order valence-corrected chi connectivity index (χ0v) is 8.20. The molecule has 2 N–H and O–H groups in total. The van der Waals surface area contributed by atoms with E-state index in [1.165, 1.54) is 0 Å². The maximum atomic E-state index is 6.03. The van der Waals surface area contributed by atoms with Crippen molar-refractivity contribution in [2.75, 3.05) is 5.73 Å². The normalized spacial score (nSPS) is 10.1. The van der Waals surface area contributed by atoms with Gasteiger partial charge in [0.2, 0.25) is 0 Å². The predicted octanol–water partition coefficient (Wildman–Crippen LogP) is 2.98. The molecule has 0 fully saturated rings. The first-order valence-corrected chi connectivity index (χ1v) is 4.61. The van der Waals surface area contributed by atoms with Crippen LogP contribution in [0.25, 0.3) is 11.3 Å². The number of anilines is 1. The van der Waals surface area contributed by atoms with E-state index >= 15 is 0 Å². The molecule has 2 rings (SSSR count). The lowest BCUT2D eigenvalue weighted by Gasteiger charge is -2.03. The van der Waals surface area contributed by atoms with E-state index in [2.05, 4.69) is 4.98 Å². The van der Waals surface area contributed by atoms with Gasteiger partial charge in [0.25, 0.3) is 0 Å². The van der Waals surface area contributed by atoms with Crippen molar-refractivity contribution in [2.45, 2.75) is 0 Å². The number of pyridine rings is 1. The average molecular weight is 205 g/mol. The molecule has 3 heteroatoms. The van der Waals surface area contributed by atoms with Gasteiger partial charge in [0.1, 0.15) is 0 Å². The third kappa shape index (κ3) is 1.70. The molecular weight excluding hydrogens is 196 g/mol. The maximum absolute atomic E-state index is 6.03. The van der Waals surface area contributed by atoms with Crippen LogP contribution in [-0.2, 0) is 0 Å². The molecule has 2 nitrogen and oxygen atoms in total. The number of hydrogen-bond acceptors (Lipinski definition) is 2. The lowest BCUT2D eigenvalue weighted by Crippen LogP contribution is -1.88. The number of benzene rings is 1. The fourth-order valence-corrected chi connectivity index (χ4v) is 1.50. The summed E-state index contributed by atoms with van der Waals surface area (Å²) in [6, 6.07) is 11.1. The van der Waals surface area contributed by atoms with E-state index in [1.807, 2.05) is 24.3 Å². The summed E-state index contributed by atoms with van der Waals surface area (Å²) in [5.41, 5.74) is 8.06. The molecule has 0 saturated heterocycles. The highest BCUT2D eigenvalue weighted by molar-refractivity contribution is 6.33. The van der Waals surface area contributed by atoms with Crippen molar-refractivity contribution in [3.05, 3.63) is 47.6 Å². The zero-order chi connectivity index (χ0) is 9.97. The number of rotatable bonds is 1. The van der Waals surface area contributed by atoms with Crippen LogP contribution in [0.15, 0.2) is 42.6 Å². The van der Waals surface area contributed by atoms with E-state index in [0.717, 1.165) is 11.3 Å². The second-order valence-electron chi connectivity index (χ2n) is 2.95. The van der Waals surface area contributed by atoms with Gasteiger partial charge in [0, 0.05) is 22.5 Å². The molecule has 0 radical (unpaired) electrons. The van der Waals surface area contributed by atoms with E-state index in [-0.39, 0.29) is 0 Å². The van der Waals surface area contributed by atoms with Crippen molar-refractivity contribution < 1.29 is 0 Å². The Hall–Kier alpha value is -1.54. The molecule has 1 aromatic heterocycles. The van der Waals surface area contributed by atoms with Gasteiger partial charge in [-0.2, -0.15) is 0 Å². The largest absolute Gasteiger partial charge is 0.399 e. The lowest BCUT2D eigenvalue weighted by atomic mass is 10.1. The standard InChI is InChI=1S/C11H9ClN2/c12-10-4-2-1-3-9(10)11-7-8(13)5-6-14-11/h1-7H,(H2,13,14). The predicted molar refractivity (Wildman–Crippen MR) is 59.1 cm³/mol. The first kappa shape index (κ1) is 9.03. The van der Waals surface area contributed by atoms with Crippen LogP contribution in [0, 0.1) is 0 Å². The first-order chi connectivity index (χ1) is 6.77. The first-order valence-electron chi connectivity index (χ1n) is 4.24. The molecule has 0 spiro atoms. The Bertz CT molecular complexity index is 455. The van der Waals surface area contributed by atoms with E-state index in [4.69, 9.17) is 17.3 Å². The minimum absolute atomic E-state index is 0.686. The van der Waals surface area contributed by atoms with Crippen molar-refractivity contribution in [1.29, 1.82) is 0 Å². The van der Waals surface area contributed by atoms with Crippen LogP contribution < -0.4 is 5.73 Å².